The molecule has 2 fully saturated rings. The van der Waals surface area contributed by atoms with E-state index in [2.05, 4.69) is 16.0 Å². The maximum Gasteiger partial charge on any atom is 0.338 e. The number of rotatable bonds is 8. The minimum Gasteiger partial charge on any atom is -0.497 e. The Labute approximate surface area is 256 Å². The normalized spacial score (nSPS) is 26.1. The van der Waals surface area contributed by atoms with Crippen molar-refractivity contribution in [3.8, 4) is 23.0 Å². The lowest BCUT2D eigenvalue weighted by atomic mass is 9.63. The summed E-state index contributed by atoms with van der Waals surface area (Å²) >= 11 is 0. The van der Waals surface area contributed by atoms with E-state index in [9.17, 15) is 9.59 Å². The Morgan fingerprint density at radius 1 is 0.909 bits per heavy atom. The van der Waals surface area contributed by atoms with Gasteiger partial charge in [0.1, 0.15) is 18.0 Å². The molecule has 3 aromatic rings. The fourth-order valence-corrected chi connectivity index (χ4v) is 7.76. The highest BCUT2D eigenvalue weighted by molar-refractivity contribution is 5.91. The fourth-order valence-electron chi connectivity index (χ4n) is 7.76. The molecule has 3 aliphatic rings. The number of piperidine rings is 1. The summed E-state index contributed by atoms with van der Waals surface area (Å²) in [6.07, 6.45) is 0.920. The quantitative estimate of drug-likeness (QED) is 0.374. The van der Waals surface area contributed by atoms with Gasteiger partial charge in [0.05, 0.1) is 53.1 Å². The maximum atomic E-state index is 13.5. The molecule has 0 bridgehead atoms. The maximum absolute atomic E-state index is 13.5. The summed E-state index contributed by atoms with van der Waals surface area (Å²) in [6, 6.07) is 9.40. The van der Waals surface area contributed by atoms with Crippen LogP contribution in [-0.4, -0.2) is 89.8 Å². The van der Waals surface area contributed by atoms with Gasteiger partial charge in [0.15, 0.2) is 11.5 Å². The van der Waals surface area contributed by atoms with Gasteiger partial charge in [-0.05, 0) is 60.9 Å². The molecule has 6 atom stereocenters. The Morgan fingerprint density at radius 3 is 2.30 bits per heavy atom. The van der Waals surface area contributed by atoms with E-state index < -0.39 is 24.1 Å². The Morgan fingerprint density at radius 2 is 1.66 bits per heavy atom. The van der Waals surface area contributed by atoms with Gasteiger partial charge in [-0.3, -0.25) is 9.69 Å². The SMILES string of the molecule is COC(=O)[C@@H]1[C@H]2C[C@H]3c4[nH]c5cc(OC)ccc5c4CCN3C[C@H]2C[C@H](OC(=O)c2cc(OC)c(OC)c(OC)c2)[C@@H]1OC. The molecule has 2 aromatic carbocycles. The number of carbonyl (C=O) groups excluding carboxylic acids is 2. The highest BCUT2D eigenvalue weighted by atomic mass is 16.6. The van der Waals surface area contributed by atoms with Gasteiger partial charge in [-0.1, -0.05) is 0 Å². The number of H-pyrrole nitrogens is 1. The first-order valence-corrected chi connectivity index (χ1v) is 14.9. The van der Waals surface area contributed by atoms with E-state index in [-0.39, 0.29) is 29.4 Å². The second kappa shape index (κ2) is 12.2. The van der Waals surface area contributed by atoms with Crippen LogP contribution >= 0.6 is 0 Å². The van der Waals surface area contributed by atoms with Crippen LogP contribution in [0.25, 0.3) is 10.9 Å². The molecule has 1 aliphatic carbocycles. The molecular formula is C33H40N2O9. The van der Waals surface area contributed by atoms with Crippen molar-refractivity contribution in [3.63, 3.8) is 0 Å². The Hall–Kier alpha value is -3.96. The number of methoxy groups -OCH3 is 6. The van der Waals surface area contributed by atoms with Crippen molar-refractivity contribution < 1.29 is 42.7 Å². The second-order valence-corrected chi connectivity index (χ2v) is 11.7. The third-order valence-electron chi connectivity index (χ3n) is 9.76. The minimum atomic E-state index is -0.670. The summed E-state index contributed by atoms with van der Waals surface area (Å²) < 4.78 is 39.1. The highest BCUT2D eigenvalue weighted by Gasteiger charge is 2.54. The standard InChI is InChI=1S/C33H40N2O9/c1-38-19-7-8-20-21-9-10-35-16-18-13-27(44-32(36)17-11-25(39-2)30(41-4)26(12-17)40-3)31(42-5)28(33(37)43-6)22(18)15-24(35)29(21)34-23(20)14-19/h7-8,11-12,14,18,22,24,27-28,31,34H,9-10,13,15-16H2,1-6H3/t18-,22+,24+,27+,28-,31+/m1/s1. The van der Waals surface area contributed by atoms with Crippen molar-refractivity contribution in [1.29, 1.82) is 0 Å². The van der Waals surface area contributed by atoms with E-state index in [1.807, 2.05) is 12.1 Å². The molecular weight excluding hydrogens is 568 g/mol. The summed E-state index contributed by atoms with van der Waals surface area (Å²) in [4.78, 5) is 33.1. The van der Waals surface area contributed by atoms with E-state index in [1.165, 1.54) is 45.1 Å². The molecule has 11 nitrogen and oxygen atoms in total. The van der Waals surface area contributed by atoms with Gasteiger partial charge in [-0.2, -0.15) is 0 Å². The number of nitrogens with zero attached hydrogens (tertiary/aromatic N) is 1. The Kier molecular flexibility index (Phi) is 8.34. The molecule has 0 amide bonds. The molecule has 1 saturated heterocycles. The lowest BCUT2D eigenvalue weighted by Gasteiger charge is -2.52. The third-order valence-corrected chi connectivity index (χ3v) is 9.76. The van der Waals surface area contributed by atoms with Crippen molar-refractivity contribution in [3.05, 3.63) is 47.2 Å². The van der Waals surface area contributed by atoms with E-state index in [0.29, 0.717) is 23.7 Å². The van der Waals surface area contributed by atoms with Crippen LogP contribution in [0.5, 0.6) is 23.0 Å². The average Bonchev–Trinajstić information content (AvgIpc) is 3.43. The van der Waals surface area contributed by atoms with Crippen molar-refractivity contribution in [2.75, 3.05) is 55.7 Å². The largest absolute Gasteiger partial charge is 0.497 e. The summed E-state index contributed by atoms with van der Waals surface area (Å²) in [5.74, 6) is 0.441. The summed E-state index contributed by atoms with van der Waals surface area (Å²) in [5.41, 5.74) is 3.83. The summed E-state index contributed by atoms with van der Waals surface area (Å²) in [5, 5.41) is 1.21. The zero-order chi connectivity index (χ0) is 31.1. The lowest BCUT2D eigenvalue weighted by Crippen LogP contribution is -2.58. The minimum absolute atomic E-state index is 0.0170. The first-order valence-electron chi connectivity index (χ1n) is 14.9. The van der Waals surface area contributed by atoms with Gasteiger partial charge in [-0.15, -0.1) is 0 Å². The van der Waals surface area contributed by atoms with E-state index in [0.717, 1.165) is 37.2 Å². The van der Waals surface area contributed by atoms with E-state index in [1.54, 1.807) is 26.4 Å². The number of benzene rings is 2. The number of hydrogen-bond donors (Lipinski definition) is 1. The van der Waals surface area contributed by atoms with Crippen LogP contribution in [-0.2, 0) is 25.4 Å². The molecule has 1 saturated carbocycles. The van der Waals surface area contributed by atoms with Gasteiger partial charge in [0.25, 0.3) is 0 Å². The average molecular weight is 609 g/mol. The number of aromatic nitrogens is 1. The Balaban J connectivity index is 1.29. The van der Waals surface area contributed by atoms with Gasteiger partial charge in [-0.25, -0.2) is 4.79 Å². The van der Waals surface area contributed by atoms with Crippen LogP contribution in [0.1, 0.15) is 40.5 Å². The highest BCUT2D eigenvalue weighted by Crippen LogP contribution is 2.51. The molecule has 3 heterocycles. The number of esters is 2. The zero-order valence-electron chi connectivity index (χ0n) is 26.0. The molecule has 0 unspecified atom stereocenters. The molecule has 1 N–H and O–H groups in total. The fraction of sp³-hybridized carbons (Fsp3) is 0.515. The molecule has 2 aliphatic heterocycles. The van der Waals surface area contributed by atoms with Crippen LogP contribution in [0, 0.1) is 17.8 Å². The van der Waals surface area contributed by atoms with Crippen LogP contribution in [0.4, 0.5) is 0 Å². The van der Waals surface area contributed by atoms with Crippen LogP contribution in [0.2, 0.25) is 0 Å². The van der Waals surface area contributed by atoms with Gasteiger partial charge in [0.2, 0.25) is 5.75 Å². The number of carbonyl (C=O) groups is 2. The van der Waals surface area contributed by atoms with E-state index >= 15 is 0 Å². The van der Waals surface area contributed by atoms with E-state index in [4.69, 9.17) is 33.2 Å². The molecule has 6 rings (SSSR count). The third kappa shape index (κ3) is 5.01. The molecule has 44 heavy (non-hydrogen) atoms. The second-order valence-electron chi connectivity index (χ2n) is 11.7. The van der Waals surface area contributed by atoms with Gasteiger partial charge < -0.3 is 38.1 Å². The zero-order valence-corrected chi connectivity index (χ0v) is 26.0. The first kappa shape index (κ1) is 30.1. The molecule has 0 radical (unpaired) electrons. The Bertz CT molecular complexity index is 1530. The molecule has 236 valence electrons. The molecule has 1 aromatic heterocycles. The number of fused-ring (bicyclic) bond motifs is 6. The monoisotopic (exact) mass is 608 g/mol. The predicted octanol–water partition coefficient (Wildman–Crippen LogP) is 4.17. The number of nitrogens with one attached hydrogen (secondary N) is 1. The summed E-state index contributed by atoms with van der Waals surface area (Å²) in [7, 11) is 9.10. The van der Waals surface area contributed by atoms with Crippen molar-refractivity contribution in [1.82, 2.24) is 9.88 Å². The van der Waals surface area contributed by atoms with Crippen LogP contribution in [0.3, 0.4) is 0 Å². The van der Waals surface area contributed by atoms with Crippen molar-refractivity contribution >= 4 is 22.8 Å². The first-order chi connectivity index (χ1) is 21.3. The smallest absolute Gasteiger partial charge is 0.338 e. The molecule has 0 spiro atoms. The number of hydrogen-bond acceptors (Lipinski definition) is 10. The van der Waals surface area contributed by atoms with Crippen molar-refractivity contribution in [2.45, 2.75) is 37.5 Å². The van der Waals surface area contributed by atoms with Crippen molar-refractivity contribution in [2.24, 2.45) is 17.8 Å². The predicted molar refractivity (Wildman–Crippen MR) is 161 cm³/mol. The summed E-state index contributed by atoms with van der Waals surface area (Å²) in [6.45, 7) is 1.68. The number of aromatic amines is 1. The van der Waals surface area contributed by atoms with Crippen LogP contribution < -0.4 is 18.9 Å². The van der Waals surface area contributed by atoms with Crippen LogP contribution in [0.15, 0.2) is 30.3 Å². The number of ether oxygens (including phenoxy) is 7. The topological polar surface area (TPSA) is 118 Å². The van der Waals surface area contributed by atoms with Gasteiger partial charge >= 0.3 is 11.9 Å². The molecule has 11 heteroatoms. The lowest BCUT2D eigenvalue weighted by molar-refractivity contribution is -0.176. The van der Waals surface area contributed by atoms with Gasteiger partial charge in [0, 0.05) is 42.9 Å².